The highest BCUT2D eigenvalue weighted by Gasteiger charge is 2.68. The number of ether oxygens (including phenoxy) is 1. The molecule has 1 unspecified atom stereocenters. The van der Waals surface area contributed by atoms with Gasteiger partial charge in [0.25, 0.3) is 5.91 Å². The SMILES string of the molecule is CCOC(=O)C1(NC(=O)NNC(=O)c2ccc(C(C)(C)C)cc2)CC1(C)C. The van der Waals surface area contributed by atoms with Crippen molar-refractivity contribution in [3.63, 3.8) is 0 Å². The van der Waals surface area contributed by atoms with E-state index in [4.69, 9.17) is 4.74 Å². The van der Waals surface area contributed by atoms with Gasteiger partial charge in [-0.1, -0.05) is 46.8 Å². The highest BCUT2D eigenvalue weighted by atomic mass is 16.5. The summed E-state index contributed by atoms with van der Waals surface area (Å²) >= 11 is 0. The Hall–Kier alpha value is -2.57. The van der Waals surface area contributed by atoms with Gasteiger partial charge in [0, 0.05) is 11.0 Å². The molecule has 1 atom stereocenters. The largest absolute Gasteiger partial charge is 0.464 e. The van der Waals surface area contributed by atoms with E-state index in [0.717, 1.165) is 5.56 Å². The molecule has 0 heterocycles. The number of rotatable bonds is 4. The van der Waals surface area contributed by atoms with Crippen LogP contribution in [0.25, 0.3) is 0 Å². The lowest BCUT2D eigenvalue weighted by Gasteiger charge is -2.21. The summed E-state index contributed by atoms with van der Waals surface area (Å²) in [6, 6.07) is 6.53. The van der Waals surface area contributed by atoms with E-state index in [9.17, 15) is 14.4 Å². The predicted octanol–water partition coefficient (Wildman–Crippen LogP) is 2.66. The minimum absolute atomic E-state index is 0.00831. The Bertz CT molecular complexity index is 735. The average molecular weight is 375 g/mol. The van der Waals surface area contributed by atoms with Crippen molar-refractivity contribution in [3.8, 4) is 0 Å². The molecular formula is C20H29N3O4. The standard InChI is InChI=1S/C20H29N3O4/c1-7-27-16(25)20(12-19(20,5)6)21-17(26)23-22-15(24)13-8-10-14(11-9-13)18(2,3)4/h8-11H,7,12H2,1-6H3,(H,22,24)(H2,21,23,26). The maximum absolute atomic E-state index is 12.2. The first-order chi connectivity index (χ1) is 12.4. The number of hydrogen-bond acceptors (Lipinski definition) is 4. The van der Waals surface area contributed by atoms with Gasteiger partial charge in [-0.3, -0.25) is 10.2 Å². The number of carbonyl (C=O) groups is 3. The molecule has 1 aliphatic carbocycles. The van der Waals surface area contributed by atoms with Gasteiger partial charge >= 0.3 is 12.0 Å². The normalized spacial score (nSPS) is 20.4. The van der Waals surface area contributed by atoms with E-state index in [1.165, 1.54) is 0 Å². The smallest absolute Gasteiger partial charge is 0.334 e. The summed E-state index contributed by atoms with van der Waals surface area (Å²) in [5.41, 5.74) is 4.72. The Kier molecular flexibility index (Phi) is 5.54. The van der Waals surface area contributed by atoms with Crippen LogP contribution in [-0.2, 0) is 14.9 Å². The fourth-order valence-corrected chi connectivity index (χ4v) is 3.02. The van der Waals surface area contributed by atoms with Crippen LogP contribution in [0.2, 0.25) is 0 Å². The molecule has 0 saturated heterocycles. The molecule has 3 amide bonds. The van der Waals surface area contributed by atoms with Crippen molar-refractivity contribution in [2.75, 3.05) is 6.61 Å². The van der Waals surface area contributed by atoms with Crippen molar-refractivity contribution < 1.29 is 19.1 Å². The molecule has 1 saturated carbocycles. The van der Waals surface area contributed by atoms with E-state index in [2.05, 4.69) is 36.9 Å². The van der Waals surface area contributed by atoms with Crippen molar-refractivity contribution in [2.45, 2.75) is 58.9 Å². The highest BCUT2D eigenvalue weighted by Crippen LogP contribution is 2.56. The van der Waals surface area contributed by atoms with Crippen molar-refractivity contribution >= 4 is 17.9 Å². The van der Waals surface area contributed by atoms with E-state index in [1.807, 2.05) is 26.0 Å². The summed E-state index contributed by atoms with van der Waals surface area (Å²) < 4.78 is 5.07. The Balaban J connectivity index is 1.93. The molecule has 0 spiro atoms. The molecule has 0 bridgehead atoms. The van der Waals surface area contributed by atoms with Gasteiger partial charge in [0.2, 0.25) is 0 Å². The molecular weight excluding hydrogens is 346 g/mol. The van der Waals surface area contributed by atoms with Gasteiger partial charge in [-0.05, 0) is 36.5 Å². The third-order valence-electron chi connectivity index (χ3n) is 4.99. The second-order valence-electron chi connectivity index (χ2n) is 8.55. The number of benzene rings is 1. The van der Waals surface area contributed by atoms with Crippen LogP contribution in [0, 0.1) is 5.41 Å². The molecule has 148 valence electrons. The Labute approximate surface area is 160 Å². The molecule has 7 heteroatoms. The number of amides is 3. The van der Waals surface area contributed by atoms with Gasteiger partial charge in [-0.2, -0.15) is 0 Å². The third-order valence-corrected chi connectivity index (χ3v) is 4.99. The fraction of sp³-hybridized carbons (Fsp3) is 0.550. The summed E-state index contributed by atoms with van der Waals surface area (Å²) in [7, 11) is 0. The van der Waals surface area contributed by atoms with Crippen molar-refractivity contribution in [3.05, 3.63) is 35.4 Å². The second-order valence-corrected chi connectivity index (χ2v) is 8.55. The van der Waals surface area contributed by atoms with E-state index < -0.39 is 28.9 Å². The van der Waals surface area contributed by atoms with E-state index in [1.54, 1.807) is 19.1 Å². The molecule has 3 N–H and O–H groups in total. The molecule has 7 nitrogen and oxygen atoms in total. The molecule has 0 aliphatic heterocycles. The Morgan fingerprint density at radius 2 is 1.63 bits per heavy atom. The number of nitrogens with one attached hydrogen (secondary N) is 3. The molecule has 27 heavy (non-hydrogen) atoms. The van der Waals surface area contributed by atoms with Crippen molar-refractivity contribution in [1.29, 1.82) is 0 Å². The zero-order valence-electron chi connectivity index (χ0n) is 16.9. The summed E-state index contributed by atoms with van der Waals surface area (Å²) in [6.45, 7) is 12.0. The molecule has 0 radical (unpaired) electrons. The first-order valence-electron chi connectivity index (χ1n) is 9.09. The highest BCUT2D eigenvalue weighted by molar-refractivity contribution is 5.96. The van der Waals surface area contributed by atoms with Crippen LogP contribution in [0.4, 0.5) is 4.79 Å². The topological polar surface area (TPSA) is 96.5 Å². The monoisotopic (exact) mass is 375 g/mol. The number of hydrazine groups is 1. The van der Waals surface area contributed by atoms with Crippen LogP contribution in [0.5, 0.6) is 0 Å². The zero-order valence-corrected chi connectivity index (χ0v) is 16.9. The van der Waals surface area contributed by atoms with Crippen molar-refractivity contribution in [1.82, 2.24) is 16.2 Å². The Morgan fingerprint density at radius 1 is 1.07 bits per heavy atom. The van der Waals surface area contributed by atoms with Gasteiger partial charge < -0.3 is 10.1 Å². The average Bonchev–Trinajstić information content (AvgIpc) is 3.14. The summed E-state index contributed by atoms with van der Waals surface area (Å²) in [6.07, 6.45) is 0.481. The van der Waals surface area contributed by atoms with Crippen LogP contribution in [0.1, 0.15) is 63.9 Å². The zero-order chi connectivity index (χ0) is 20.5. The quantitative estimate of drug-likeness (QED) is 0.557. The van der Waals surface area contributed by atoms with Gasteiger partial charge in [-0.15, -0.1) is 0 Å². The number of esters is 1. The second kappa shape index (κ2) is 7.21. The minimum atomic E-state index is -1.06. The lowest BCUT2D eigenvalue weighted by molar-refractivity contribution is -0.147. The predicted molar refractivity (Wildman–Crippen MR) is 102 cm³/mol. The van der Waals surface area contributed by atoms with Gasteiger partial charge in [0.05, 0.1) is 6.61 Å². The van der Waals surface area contributed by atoms with Gasteiger partial charge in [0.1, 0.15) is 5.54 Å². The number of hydrogen-bond donors (Lipinski definition) is 3. The fourth-order valence-electron chi connectivity index (χ4n) is 3.02. The molecule has 2 rings (SSSR count). The summed E-state index contributed by atoms with van der Waals surface area (Å²) in [5.74, 6) is -0.903. The molecule has 1 fully saturated rings. The van der Waals surface area contributed by atoms with E-state index >= 15 is 0 Å². The van der Waals surface area contributed by atoms with Crippen LogP contribution in [-0.4, -0.2) is 30.1 Å². The van der Waals surface area contributed by atoms with Crippen molar-refractivity contribution in [2.24, 2.45) is 5.41 Å². The van der Waals surface area contributed by atoms with E-state index in [0.29, 0.717) is 12.0 Å². The number of carbonyl (C=O) groups excluding carboxylic acids is 3. The van der Waals surface area contributed by atoms with Crippen LogP contribution < -0.4 is 16.2 Å². The first-order valence-corrected chi connectivity index (χ1v) is 9.09. The first kappa shape index (κ1) is 20.7. The summed E-state index contributed by atoms with van der Waals surface area (Å²) in [5, 5.41) is 2.64. The van der Waals surface area contributed by atoms with Crippen LogP contribution >= 0.6 is 0 Å². The molecule has 1 aromatic carbocycles. The third kappa shape index (κ3) is 4.40. The maximum atomic E-state index is 12.2. The summed E-state index contributed by atoms with van der Waals surface area (Å²) in [4.78, 5) is 36.6. The van der Waals surface area contributed by atoms with Crippen LogP contribution in [0.15, 0.2) is 24.3 Å². The van der Waals surface area contributed by atoms with Gasteiger partial charge in [-0.25, -0.2) is 15.0 Å². The van der Waals surface area contributed by atoms with E-state index in [-0.39, 0.29) is 12.0 Å². The Morgan fingerprint density at radius 3 is 2.07 bits per heavy atom. The maximum Gasteiger partial charge on any atom is 0.334 e. The van der Waals surface area contributed by atoms with Gasteiger partial charge in [0.15, 0.2) is 0 Å². The lowest BCUT2D eigenvalue weighted by Crippen LogP contribution is -2.55. The minimum Gasteiger partial charge on any atom is -0.464 e. The molecule has 1 aromatic rings. The lowest BCUT2D eigenvalue weighted by atomic mass is 9.87. The number of urea groups is 1. The molecule has 1 aliphatic rings. The van der Waals surface area contributed by atoms with Crippen LogP contribution in [0.3, 0.4) is 0 Å². The molecule has 0 aromatic heterocycles.